The Hall–Kier alpha value is -3.02. The summed E-state index contributed by atoms with van der Waals surface area (Å²) < 4.78 is 13.1. The normalized spacial score (nSPS) is 19.6. The van der Waals surface area contributed by atoms with Crippen molar-refractivity contribution < 1.29 is 23.9 Å². The van der Waals surface area contributed by atoms with Gasteiger partial charge in [0.1, 0.15) is 5.82 Å². The molecule has 2 atom stereocenters. The number of likely N-dealkylation sites (tertiary alicyclic amines) is 1. The van der Waals surface area contributed by atoms with Crippen LogP contribution in [0.15, 0.2) is 48.5 Å². The molecule has 1 N–H and O–H groups in total. The Morgan fingerprint density at radius 3 is 2.26 bits per heavy atom. The van der Waals surface area contributed by atoms with Gasteiger partial charge in [0, 0.05) is 24.2 Å². The Bertz CT molecular complexity index is 878. The molecule has 3 rings (SSSR count). The molecule has 2 unspecified atom stereocenters. The molecule has 140 valence electrons. The number of amides is 1. The molecule has 1 saturated heterocycles. The molecule has 1 aliphatic rings. The van der Waals surface area contributed by atoms with E-state index in [1.165, 1.54) is 29.2 Å². The van der Waals surface area contributed by atoms with Crippen LogP contribution in [-0.4, -0.2) is 40.8 Å². The molecule has 1 heterocycles. The molecule has 0 aliphatic carbocycles. The predicted octanol–water partition coefficient (Wildman–Crippen LogP) is 3.24. The monoisotopic (exact) mass is 369 g/mol. The number of nitrogens with zero attached hydrogens (tertiary/aromatic N) is 1. The summed E-state index contributed by atoms with van der Waals surface area (Å²) in [5, 5.41) is 9.32. The standard InChI is InChI=1S/C21H20FNO4/c1-13-10-15(21(26)27)12-23(11-13)20(25)18-5-3-2-4-17(18)19(24)14-6-8-16(22)9-7-14/h2-9,13,15H,10-12H2,1H3,(H,26,27). The number of piperidine rings is 1. The highest BCUT2D eigenvalue weighted by Crippen LogP contribution is 2.25. The molecule has 1 amide bonds. The number of carbonyl (C=O) groups is 3. The minimum absolute atomic E-state index is 0.0590. The summed E-state index contributed by atoms with van der Waals surface area (Å²) in [5.41, 5.74) is 0.733. The SMILES string of the molecule is CC1CC(C(=O)O)CN(C(=O)c2ccccc2C(=O)c2ccc(F)cc2)C1. The summed E-state index contributed by atoms with van der Waals surface area (Å²) in [6.07, 6.45) is 0.523. The van der Waals surface area contributed by atoms with Crippen molar-refractivity contribution in [2.45, 2.75) is 13.3 Å². The summed E-state index contributed by atoms with van der Waals surface area (Å²) in [6, 6.07) is 11.6. The first-order valence-corrected chi connectivity index (χ1v) is 8.78. The van der Waals surface area contributed by atoms with Crippen molar-refractivity contribution in [3.05, 3.63) is 71.0 Å². The molecule has 1 fully saturated rings. The van der Waals surface area contributed by atoms with E-state index in [1.807, 2.05) is 6.92 Å². The smallest absolute Gasteiger partial charge is 0.308 e. The van der Waals surface area contributed by atoms with Crippen molar-refractivity contribution in [3.8, 4) is 0 Å². The maximum Gasteiger partial charge on any atom is 0.308 e. The summed E-state index contributed by atoms with van der Waals surface area (Å²) in [6.45, 7) is 2.48. The summed E-state index contributed by atoms with van der Waals surface area (Å²) in [5.74, 6) is -2.66. The summed E-state index contributed by atoms with van der Waals surface area (Å²) in [7, 11) is 0. The number of hydrogen-bond donors (Lipinski definition) is 1. The Morgan fingerprint density at radius 1 is 1.00 bits per heavy atom. The molecule has 0 radical (unpaired) electrons. The average Bonchev–Trinajstić information content (AvgIpc) is 2.67. The lowest BCUT2D eigenvalue weighted by Crippen LogP contribution is -2.45. The van der Waals surface area contributed by atoms with Crippen molar-refractivity contribution in [1.29, 1.82) is 0 Å². The largest absolute Gasteiger partial charge is 0.481 e. The zero-order chi connectivity index (χ0) is 19.6. The van der Waals surface area contributed by atoms with Crippen molar-refractivity contribution in [1.82, 2.24) is 4.90 Å². The molecule has 0 spiro atoms. The van der Waals surface area contributed by atoms with Gasteiger partial charge in [-0.15, -0.1) is 0 Å². The van der Waals surface area contributed by atoms with Crippen LogP contribution in [0.5, 0.6) is 0 Å². The number of ketones is 1. The van der Waals surface area contributed by atoms with E-state index in [2.05, 4.69) is 0 Å². The molecule has 6 heteroatoms. The van der Waals surface area contributed by atoms with Crippen molar-refractivity contribution in [2.75, 3.05) is 13.1 Å². The van der Waals surface area contributed by atoms with E-state index in [-0.39, 0.29) is 40.8 Å². The second-order valence-electron chi connectivity index (χ2n) is 6.97. The Balaban J connectivity index is 1.91. The van der Waals surface area contributed by atoms with Gasteiger partial charge in [0.25, 0.3) is 5.91 Å². The van der Waals surface area contributed by atoms with E-state index in [4.69, 9.17) is 0 Å². The van der Waals surface area contributed by atoms with Crippen LogP contribution >= 0.6 is 0 Å². The summed E-state index contributed by atoms with van der Waals surface area (Å²) >= 11 is 0. The van der Waals surface area contributed by atoms with Gasteiger partial charge in [0.15, 0.2) is 5.78 Å². The van der Waals surface area contributed by atoms with Crippen LogP contribution in [0, 0.1) is 17.7 Å². The van der Waals surface area contributed by atoms with Crippen LogP contribution in [0.4, 0.5) is 4.39 Å². The average molecular weight is 369 g/mol. The fourth-order valence-electron chi connectivity index (χ4n) is 3.49. The van der Waals surface area contributed by atoms with Gasteiger partial charge in [-0.1, -0.05) is 25.1 Å². The van der Waals surface area contributed by atoms with Gasteiger partial charge in [-0.3, -0.25) is 14.4 Å². The first-order chi connectivity index (χ1) is 12.9. The quantitative estimate of drug-likeness (QED) is 0.840. The van der Waals surface area contributed by atoms with Crippen LogP contribution in [0.2, 0.25) is 0 Å². The first-order valence-electron chi connectivity index (χ1n) is 8.78. The third kappa shape index (κ3) is 4.05. The topological polar surface area (TPSA) is 74.7 Å². The minimum atomic E-state index is -0.921. The lowest BCUT2D eigenvalue weighted by atomic mass is 9.89. The Morgan fingerprint density at radius 2 is 1.63 bits per heavy atom. The first kappa shape index (κ1) is 18.8. The van der Waals surface area contributed by atoms with Gasteiger partial charge in [0.05, 0.1) is 11.5 Å². The molecule has 2 aromatic carbocycles. The van der Waals surface area contributed by atoms with Gasteiger partial charge < -0.3 is 10.0 Å². The van der Waals surface area contributed by atoms with Crippen molar-refractivity contribution >= 4 is 17.7 Å². The van der Waals surface area contributed by atoms with Crippen LogP contribution in [-0.2, 0) is 4.79 Å². The fourth-order valence-corrected chi connectivity index (χ4v) is 3.49. The number of halogens is 1. The van der Waals surface area contributed by atoms with Crippen LogP contribution in [0.25, 0.3) is 0 Å². The highest BCUT2D eigenvalue weighted by atomic mass is 19.1. The van der Waals surface area contributed by atoms with Gasteiger partial charge in [-0.2, -0.15) is 0 Å². The molecule has 0 aromatic heterocycles. The van der Waals surface area contributed by atoms with Gasteiger partial charge in [-0.05, 0) is 42.7 Å². The lowest BCUT2D eigenvalue weighted by molar-refractivity contribution is -0.143. The van der Waals surface area contributed by atoms with E-state index in [0.717, 1.165) is 0 Å². The Labute approximate surface area is 156 Å². The number of aliphatic carboxylic acids is 1. The predicted molar refractivity (Wildman–Crippen MR) is 97.1 cm³/mol. The van der Waals surface area contributed by atoms with Crippen molar-refractivity contribution in [2.24, 2.45) is 11.8 Å². The summed E-state index contributed by atoms with van der Waals surface area (Å²) in [4.78, 5) is 38.7. The van der Waals surface area contributed by atoms with E-state index in [9.17, 15) is 23.9 Å². The van der Waals surface area contributed by atoms with E-state index in [1.54, 1.807) is 24.3 Å². The zero-order valence-corrected chi connectivity index (χ0v) is 14.9. The molecule has 27 heavy (non-hydrogen) atoms. The second-order valence-corrected chi connectivity index (χ2v) is 6.97. The molecule has 1 aliphatic heterocycles. The van der Waals surface area contributed by atoms with Gasteiger partial charge in [0.2, 0.25) is 0 Å². The highest BCUT2D eigenvalue weighted by molar-refractivity contribution is 6.15. The number of carbonyl (C=O) groups excluding carboxylic acids is 2. The second kappa shape index (κ2) is 7.70. The maximum atomic E-state index is 13.1. The molecule has 0 saturated carbocycles. The molecule has 5 nitrogen and oxygen atoms in total. The molecule has 0 bridgehead atoms. The third-order valence-corrected chi connectivity index (χ3v) is 4.80. The van der Waals surface area contributed by atoms with Crippen molar-refractivity contribution in [3.63, 3.8) is 0 Å². The Kier molecular flexibility index (Phi) is 5.35. The van der Waals surface area contributed by atoms with Gasteiger partial charge >= 0.3 is 5.97 Å². The molecular formula is C21H20FNO4. The molecular weight excluding hydrogens is 349 g/mol. The lowest BCUT2D eigenvalue weighted by Gasteiger charge is -2.35. The van der Waals surface area contributed by atoms with Crippen LogP contribution in [0.1, 0.15) is 39.6 Å². The number of rotatable bonds is 4. The van der Waals surface area contributed by atoms with Gasteiger partial charge in [-0.25, -0.2) is 4.39 Å². The molecule has 2 aromatic rings. The highest BCUT2D eigenvalue weighted by Gasteiger charge is 2.33. The number of carboxylic acids is 1. The van der Waals surface area contributed by atoms with Crippen LogP contribution < -0.4 is 0 Å². The van der Waals surface area contributed by atoms with Crippen LogP contribution in [0.3, 0.4) is 0 Å². The minimum Gasteiger partial charge on any atom is -0.481 e. The van der Waals surface area contributed by atoms with E-state index in [0.29, 0.717) is 13.0 Å². The maximum absolute atomic E-state index is 13.1. The number of carboxylic acid groups (broad SMARTS) is 1. The van der Waals surface area contributed by atoms with E-state index < -0.39 is 17.7 Å². The zero-order valence-electron chi connectivity index (χ0n) is 14.9. The number of benzene rings is 2. The third-order valence-electron chi connectivity index (χ3n) is 4.80. The van der Waals surface area contributed by atoms with E-state index >= 15 is 0 Å². The number of hydrogen-bond acceptors (Lipinski definition) is 3. The fraction of sp³-hybridized carbons (Fsp3) is 0.286.